The maximum Gasteiger partial charge on any atom is 0.113 e. The van der Waals surface area contributed by atoms with Gasteiger partial charge in [0.2, 0.25) is 0 Å². The highest BCUT2D eigenvalue weighted by Crippen LogP contribution is 2.26. The van der Waals surface area contributed by atoms with Crippen molar-refractivity contribution in [3.63, 3.8) is 0 Å². The number of benzene rings is 1. The molecule has 14 heavy (non-hydrogen) atoms. The van der Waals surface area contributed by atoms with Gasteiger partial charge in [0.25, 0.3) is 0 Å². The van der Waals surface area contributed by atoms with Crippen LogP contribution in [0.25, 0.3) is 0 Å². The van der Waals surface area contributed by atoms with Crippen molar-refractivity contribution in [2.45, 2.75) is 6.10 Å². The maximum atomic E-state index is 9.96. The molecule has 0 saturated heterocycles. The van der Waals surface area contributed by atoms with E-state index in [2.05, 4.69) is 0 Å². The number of hydrogen-bond donors (Lipinski definition) is 2. The molecule has 0 aliphatic carbocycles. The number of aliphatic hydroxyl groups excluding tert-OH is 1. The third-order valence-corrected chi connectivity index (χ3v) is 2.96. The fraction of sp³-hybridized carbons (Fsp3) is 0.0909. The van der Waals surface area contributed by atoms with Crippen molar-refractivity contribution in [2.75, 3.05) is 5.73 Å². The summed E-state index contributed by atoms with van der Waals surface area (Å²) in [6, 6.07) is 11.2. The zero-order valence-corrected chi connectivity index (χ0v) is 8.37. The molecule has 3 N–H and O–H groups in total. The molecule has 1 heterocycles. The average Bonchev–Trinajstić information content (AvgIpc) is 2.69. The zero-order chi connectivity index (χ0) is 9.97. The molecule has 1 aromatic heterocycles. The minimum atomic E-state index is -0.557. The summed E-state index contributed by atoms with van der Waals surface area (Å²) in [4.78, 5) is 0.940. The van der Waals surface area contributed by atoms with E-state index in [0.717, 1.165) is 10.4 Å². The van der Waals surface area contributed by atoms with Crippen LogP contribution in [0.5, 0.6) is 0 Å². The lowest BCUT2D eigenvalue weighted by molar-refractivity contribution is 0.224. The van der Waals surface area contributed by atoms with Gasteiger partial charge < -0.3 is 10.8 Å². The SMILES string of the molecule is Nc1cccc([C@H](O)c2cccs2)c1. The summed E-state index contributed by atoms with van der Waals surface area (Å²) in [6.45, 7) is 0. The van der Waals surface area contributed by atoms with Crippen molar-refractivity contribution in [2.24, 2.45) is 0 Å². The van der Waals surface area contributed by atoms with E-state index in [1.165, 1.54) is 0 Å². The van der Waals surface area contributed by atoms with Crippen molar-refractivity contribution in [3.05, 3.63) is 52.2 Å². The first-order chi connectivity index (χ1) is 6.77. The Bertz CT molecular complexity index is 411. The Kier molecular flexibility index (Phi) is 2.52. The van der Waals surface area contributed by atoms with Crippen molar-refractivity contribution >= 4 is 17.0 Å². The lowest BCUT2D eigenvalue weighted by Gasteiger charge is -2.08. The molecule has 2 nitrogen and oxygen atoms in total. The quantitative estimate of drug-likeness (QED) is 0.739. The predicted molar refractivity (Wildman–Crippen MR) is 59.2 cm³/mol. The molecule has 0 amide bonds. The molecule has 0 aliphatic heterocycles. The molecule has 0 unspecified atom stereocenters. The van der Waals surface area contributed by atoms with Gasteiger partial charge in [-0.3, -0.25) is 0 Å². The van der Waals surface area contributed by atoms with Gasteiger partial charge in [0.1, 0.15) is 6.10 Å². The minimum Gasteiger partial charge on any atom is -0.399 e. The molecule has 0 saturated carbocycles. The standard InChI is InChI=1S/C11H11NOS/c12-9-4-1-3-8(7-9)11(13)10-5-2-6-14-10/h1-7,11,13H,12H2/t11-/m0/s1. The second-order valence-electron chi connectivity index (χ2n) is 3.09. The van der Waals surface area contributed by atoms with Crippen LogP contribution in [0.15, 0.2) is 41.8 Å². The first-order valence-electron chi connectivity index (χ1n) is 4.34. The van der Waals surface area contributed by atoms with Gasteiger partial charge in [-0.1, -0.05) is 18.2 Å². The van der Waals surface area contributed by atoms with E-state index in [1.807, 2.05) is 35.7 Å². The van der Waals surface area contributed by atoms with Gasteiger partial charge in [0.05, 0.1) is 0 Å². The van der Waals surface area contributed by atoms with Gasteiger partial charge in [-0.25, -0.2) is 0 Å². The van der Waals surface area contributed by atoms with E-state index in [4.69, 9.17) is 5.73 Å². The van der Waals surface area contributed by atoms with Crippen LogP contribution >= 0.6 is 11.3 Å². The summed E-state index contributed by atoms with van der Waals surface area (Å²) < 4.78 is 0. The van der Waals surface area contributed by atoms with Gasteiger partial charge in [0.15, 0.2) is 0 Å². The lowest BCUT2D eigenvalue weighted by atomic mass is 10.1. The molecule has 0 radical (unpaired) electrons. The zero-order valence-electron chi connectivity index (χ0n) is 7.55. The normalized spacial score (nSPS) is 12.6. The van der Waals surface area contributed by atoms with Gasteiger partial charge in [-0.15, -0.1) is 11.3 Å². The highest BCUT2D eigenvalue weighted by Gasteiger charge is 2.10. The van der Waals surface area contributed by atoms with Crippen LogP contribution in [0.1, 0.15) is 16.5 Å². The summed E-state index contributed by atoms with van der Waals surface area (Å²) in [6.07, 6.45) is -0.557. The van der Waals surface area contributed by atoms with E-state index in [1.54, 1.807) is 17.4 Å². The minimum absolute atomic E-state index is 0.557. The highest BCUT2D eigenvalue weighted by atomic mass is 32.1. The van der Waals surface area contributed by atoms with E-state index < -0.39 is 6.10 Å². The average molecular weight is 205 g/mol. The fourth-order valence-corrected chi connectivity index (χ4v) is 2.08. The first kappa shape index (κ1) is 9.24. The van der Waals surface area contributed by atoms with E-state index >= 15 is 0 Å². The van der Waals surface area contributed by atoms with Crippen LogP contribution in [0.4, 0.5) is 5.69 Å². The van der Waals surface area contributed by atoms with E-state index in [9.17, 15) is 5.11 Å². The van der Waals surface area contributed by atoms with Gasteiger partial charge >= 0.3 is 0 Å². The van der Waals surface area contributed by atoms with Crippen molar-refractivity contribution in [1.82, 2.24) is 0 Å². The van der Waals surface area contributed by atoms with Gasteiger partial charge in [0, 0.05) is 10.6 Å². The van der Waals surface area contributed by atoms with Crippen molar-refractivity contribution in [3.8, 4) is 0 Å². The molecule has 2 rings (SSSR count). The van der Waals surface area contributed by atoms with E-state index in [0.29, 0.717) is 5.69 Å². The summed E-state index contributed by atoms with van der Waals surface area (Å²) in [5, 5.41) is 11.9. The molecule has 2 aromatic rings. The third kappa shape index (κ3) is 1.78. The predicted octanol–water partition coefficient (Wildman–Crippen LogP) is 2.41. The maximum absolute atomic E-state index is 9.96. The molecule has 0 bridgehead atoms. The Morgan fingerprint density at radius 2 is 2.07 bits per heavy atom. The first-order valence-corrected chi connectivity index (χ1v) is 5.22. The summed E-state index contributed by atoms with van der Waals surface area (Å²) in [7, 11) is 0. The molecule has 0 fully saturated rings. The van der Waals surface area contributed by atoms with Crippen LogP contribution in [-0.2, 0) is 0 Å². The summed E-state index contributed by atoms with van der Waals surface area (Å²) >= 11 is 1.54. The Hall–Kier alpha value is -1.32. The second kappa shape index (κ2) is 3.82. The smallest absolute Gasteiger partial charge is 0.113 e. The number of nitrogens with two attached hydrogens (primary N) is 1. The van der Waals surface area contributed by atoms with Gasteiger partial charge in [-0.2, -0.15) is 0 Å². The Labute approximate surface area is 86.6 Å². The highest BCUT2D eigenvalue weighted by molar-refractivity contribution is 7.10. The van der Waals surface area contributed by atoms with Crippen LogP contribution in [0.3, 0.4) is 0 Å². The lowest BCUT2D eigenvalue weighted by Crippen LogP contribution is -1.97. The molecule has 0 aliphatic rings. The number of aliphatic hydroxyl groups is 1. The fourth-order valence-electron chi connectivity index (χ4n) is 1.34. The molecular formula is C11H11NOS. The molecular weight excluding hydrogens is 194 g/mol. The van der Waals surface area contributed by atoms with Crippen LogP contribution in [0.2, 0.25) is 0 Å². The molecule has 1 atom stereocenters. The number of anilines is 1. The Morgan fingerprint density at radius 1 is 1.21 bits per heavy atom. The van der Waals surface area contributed by atoms with Crippen LogP contribution < -0.4 is 5.73 Å². The number of nitrogen functional groups attached to an aromatic ring is 1. The number of thiophene rings is 1. The van der Waals surface area contributed by atoms with Crippen molar-refractivity contribution in [1.29, 1.82) is 0 Å². The summed E-state index contributed by atoms with van der Waals surface area (Å²) in [5.41, 5.74) is 7.16. The van der Waals surface area contributed by atoms with Crippen molar-refractivity contribution < 1.29 is 5.11 Å². The number of hydrogen-bond acceptors (Lipinski definition) is 3. The number of rotatable bonds is 2. The van der Waals surface area contributed by atoms with E-state index in [-0.39, 0.29) is 0 Å². The second-order valence-corrected chi connectivity index (χ2v) is 4.07. The molecule has 0 spiro atoms. The van der Waals surface area contributed by atoms with Crippen LogP contribution in [-0.4, -0.2) is 5.11 Å². The largest absolute Gasteiger partial charge is 0.399 e. The Balaban J connectivity index is 2.32. The van der Waals surface area contributed by atoms with Gasteiger partial charge in [-0.05, 0) is 29.1 Å². The Morgan fingerprint density at radius 3 is 2.71 bits per heavy atom. The third-order valence-electron chi connectivity index (χ3n) is 2.04. The molecule has 1 aromatic carbocycles. The summed E-state index contributed by atoms with van der Waals surface area (Å²) in [5.74, 6) is 0. The van der Waals surface area contributed by atoms with Crippen LogP contribution in [0, 0.1) is 0 Å². The topological polar surface area (TPSA) is 46.2 Å². The molecule has 72 valence electrons. The molecule has 3 heteroatoms. The monoisotopic (exact) mass is 205 g/mol.